The zero-order valence-corrected chi connectivity index (χ0v) is 16.4. The maximum absolute atomic E-state index is 4.73. The highest BCUT2D eigenvalue weighted by Crippen LogP contribution is 2.25. The van der Waals surface area contributed by atoms with E-state index in [4.69, 9.17) is 4.98 Å². The van der Waals surface area contributed by atoms with E-state index in [1.165, 1.54) is 18.5 Å². The average molecular weight is 374 g/mol. The van der Waals surface area contributed by atoms with Crippen molar-refractivity contribution in [2.24, 2.45) is 0 Å². The molecule has 1 aliphatic heterocycles. The second-order valence-electron chi connectivity index (χ2n) is 7.12. The van der Waals surface area contributed by atoms with E-state index in [0.717, 1.165) is 48.8 Å². The number of rotatable bonds is 7. The maximum Gasteiger partial charge on any atom is 0.229 e. The summed E-state index contributed by atoms with van der Waals surface area (Å²) in [5.41, 5.74) is 4.27. The maximum atomic E-state index is 4.73. The molecule has 5 nitrogen and oxygen atoms in total. The van der Waals surface area contributed by atoms with Gasteiger partial charge in [0, 0.05) is 42.6 Å². The van der Waals surface area contributed by atoms with Crippen LogP contribution in [0.5, 0.6) is 0 Å². The van der Waals surface area contributed by atoms with Gasteiger partial charge in [0.05, 0.1) is 5.69 Å². The molecule has 0 bridgehead atoms. The van der Waals surface area contributed by atoms with Crippen LogP contribution in [-0.4, -0.2) is 29.6 Å². The van der Waals surface area contributed by atoms with Crippen LogP contribution in [0.2, 0.25) is 0 Å². The fourth-order valence-corrected chi connectivity index (χ4v) is 3.46. The molecule has 1 aromatic heterocycles. The molecule has 0 aliphatic carbocycles. The molecule has 3 aromatic rings. The van der Waals surface area contributed by atoms with Gasteiger partial charge in [-0.15, -0.1) is 0 Å². The Balaban J connectivity index is 1.57. The first-order valence-corrected chi connectivity index (χ1v) is 10.1. The van der Waals surface area contributed by atoms with Crippen molar-refractivity contribution in [1.29, 1.82) is 0 Å². The molecule has 0 radical (unpaired) electrons. The minimum Gasteiger partial charge on any atom is -0.372 e. The van der Waals surface area contributed by atoms with E-state index in [2.05, 4.69) is 63.8 Å². The number of hydrogen-bond donors (Lipinski definition) is 2. The second kappa shape index (κ2) is 8.74. The molecular formula is C23H27N5. The molecule has 1 saturated heterocycles. The molecule has 1 fully saturated rings. The SMILES string of the molecule is CCCNc1cc(-c2ccccc2)nc(Nc2ccc(N3CCCC3)cc2)n1. The Morgan fingerprint density at radius 2 is 1.68 bits per heavy atom. The number of hydrogen-bond acceptors (Lipinski definition) is 5. The van der Waals surface area contributed by atoms with Gasteiger partial charge in [-0.3, -0.25) is 0 Å². The van der Waals surface area contributed by atoms with Crippen molar-refractivity contribution in [3.63, 3.8) is 0 Å². The van der Waals surface area contributed by atoms with Crippen molar-refractivity contribution in [2.45, 2.75) is 26.2 Å². The Morgan fingerprint density at radius 1 is 0.929 bits per heavy atom. The monoisotopic (exact) mass is 373 g/mol. The summed E-state index contributed by atoms with van der Waals surface area (Å²) in [6.45, 7) is 5.34. The summed E-state index contributed by atoms with van der Waals surface area (Å²) >= 11 is 0. The van der Waals surface area contributed by atoms with Crippen LogP contribution in [0.15, 0.2) is 60.7 Å². The molecule has 5 heteroatoms. The molecule has 2 aromatic carbocycles. The van der Waals surface area contributed by atoms with Gasteiger partial charge < -0.3 is 15.5 Å². The van der Waals surface area contributed by atoms with Gasteiger partial charge in [-0.05, 0) is 43.5 Å². The van der Waals surface area contributed by atoms with E-state index < -0.39 is 0 Å². The van der Waals surface area contributed by atoms with Gasteiger partial charge in [0.15, 0.2) is 0 Å². The molecule has 1 aliphatic rings. The Labute approximate surface area is 166 Å². The van der Waals surface area contributed by atoms with Crippen LogP contribution in [0.25, 0.3) is 11.3 Å². The first kappa shape index (κ1) is 18.3. The van der Waals surface area contributed by atoms with E-state index in [-0.39, 0.29) is 0 Å². The predicted molar refractivity (Wildman–Crippen MR) is 117 cm³/mol. The fraction of sp³-hybridized carbons (Fsp3) is 0.304. The molecule has 0 saturated carbocycles. The summed E-state index contributed by atoms with van der Waals surface area (Å²) in [7, 11) is 0. The Morgan fingerprint density at radius 3 is 2.39 bits per heavy atom. The largest absolute Gasteiger partial charge is 0.372 e. The average Bonchev–Trinajstić information content (AvgIpc) is 3.28. The Hall–Kier alpha value is -3.08. The third kappa shape index (κ3) is 4.42. The van der Waals surface area contributed by atoms with Crippen molar-refractivity contribution in [3.05, 3.63) is 60.7 Å². The van der Waals surface area contributed by atoms with E-state index in [1.54, 1.807) is 0 Å². The second-order valence-corrected chi connectivity index (χ2v) is 7.12. The summed E-state index contributed by atoms with van der Waals surface area (Å²) < 4.78 is 0. The molecule has 0 spiro atoms. The standard InChI is InChI=1S/C23H27N5/c1-2-14-24-22-17-21(18-8-4-3-5-9-18)26-23(27-22)25-19-10-12-20(13-11-19)28-15-6-7-16-28/h3-5,8-13,17H,2,6-7,14-16H2,1H3,(H2,24,25,26,27). The van der Waals surface area contributed by atoms with Gasteiger partial charge in [-0.25, -0.2) is 4.98 Å². The van der Waals surface area contributed by atoms with Gasteiger partial charge in [0.25, 0.3) is 0 Å². The minimum absolute atomic E-state index is 0.605. The zero-order valence-electron chi connectivity index (χ0n) is 16.4. The predicted octanol–water partition coefficient (Wildman–Crippen LogP) is 5.31. The summed E-state index contributed by atoms with van der Waals surface area (Å²) in [5.74, 6) is 1.45. The Bertz CT molecular complexity index is 887. The molecule has 2 N–H and O–H groups in total. The van der Waals surface area contributed by atoms with E-state index in [1.807, 2.05) is 24.3 Å². The first-order chi connectivity index (χ1) is 13.8. The summed E-state index contributed by atoms with van der Waals surface area (Å²) in [5, 5.41) is 6.75. The molecule has 0 atom stereocenters. The van der Waals surface area contributed by atoms with Crippen LogP contribution in [0.4, 0.5) is 23.1 Å². The molecule has 2 heterocycles. The lowest BCUT2D eigenvalue weighted by molar-refractivity contribution is 0.949. The lowest BCUT2D eigenvalue weighted by atomic mass is 10.1. The van der Waals surface area contributed by atoms with Crippen molar-refractivity contribution in [2.75, 3.05) is 35.2 Å². The molecule has 144 valence electrons. The minimum atomic E-state index is 0.605. The van der Waals surface area contributed by atoms with Gasteiger partial charge in [0.2, 0.25) is 5.95 Å². The summed E-state index contributed by atoms with van der Waals surface area (Å²) in [4.78, 5) is 11.8. The van der Waals surface area contributed by atoms with E-state index >= 15 is 0 Å². The van der Waals surface area contributed by atoms with Crippen LogP contribution < -0.4 is 15.5 Å². The number of aromatic nitrogens is 2. The van der Waals surface area contributed by atoms with Crippen molar-refractivity contribution in [3.8, 4) is 11.3 Å². The molecule has 4 rings (SSSR count). The van der Waals surface area contributed by atoms with Gasteiger partial charge >= 0.3 is 0 Å². The normalized spacial score (nSPS) is 13.5. The molecule has 0 amide bonds. The summed E-state index contributed by atoms with van der Waals surface area (Å²) in [6.07, 6.45) is 3.62. The number of nitrogens with one attached hydrogen (secondary N) is 2. The topological polar surface area (TPSA) is 53.1 Å². The van der Waals surface area contributed by atoms with Crippen LogP contribution in [0, 0.1) is 0 Å². The smallest absolute Gasteiger partial charge is 0.229 e. The fourth-order valence-electron chi connectivity index (χ4n) is 3.46. The van der Waals surface area contributed by atoms with Gasteiger partial charge in [-0.1, -0.05) is 37.3 Å². The van der Waals surface area contributed by atoms with E-state index in [9.17, 15) is 0 Å². The van der Waals surface area contributed by atoms with Crippen molar-refractivity contribution >= 4 is 23.1 Å². The highest BCUT2D eigenvalue weighted by molar-refractivity contribution is 5.67. The van der Waals surface area contributed by atoms with Gasteiger partial charge in [-0.2, -0.15) is 4.98 Å². The third-order valence-corrected chi connectivity index (χ3v) is 4.95. The van der Waals surface area contributed by atoms with Crippen molar-refractivity contribution < 1.29 is 0 Å². The Kier molecular flexibility index (Phi) is 5.71. The number of nitrogens with zero attached hydrogens (tertiary/aromatic N) is 3. The quantitative estimate of drug-likeness (QED) is 0.588. The number of anilines is 4. The molecule has 28 heavy (non-hydrogen) atoms. The highest BCUT2D eigenvalue weighted by Gasteiger charge is 2.12. The van der Waals surface area contributed by atoms with Crippen LogP contribution in [0.3, 0.4) is 0 Å². The van der Waals surface area contributed by atoms with Crippen molar-refractivity contribution in [1.82, 2.24) is 9.97 Å². The molecule has 0 unspecified atom stereocenters. The van der Waals surface area contributed by atoms with Crippen LogP contribution in [0.1, 0.15) is 26.2 Å². The van der Waals surface area contributed by atoms with Gasteiger partial charge in [0.1, 0.15) is 5.82 Å². The van der Waals surface area contributed by atoms with Crippen LogP contribution >= 0.6 is 0 Å². The number of benzene rings is 2. The molecular weight excluding hydrogens is 346 g/mol. The third-order valence-electron chi connectivity index (χ3n) is 4.95. The zero-order chi connectivity index (χ0) is 19.2. The van der Waals surface area contributed by atoms with E-state index in [0.29, 0.717) is 5.95 Å². The first-order valence-electron chi connectivity index (χ1n) is 10.1. The summed E-state index contributed by atoms with van der Waals surface area (Å²) in [6, 6.07) is 20.8. The lowest BCUT2D eigenvalue weighted by Crippen LogP contribution is -2.17. The highest BCUT2D eigenvalue weighted by atomic mass is 15.2. The lowest BCUT2D eigenvalue weighted by Gasteiger charge is -2.18. The van der Waals surface area contributed by atoms with Crippen LogP contribution in [-0.2, 0) is 0 Å².